The Bertz CT molecular complexity index is 903. The summed E-state index contributed by atoms with van der Waals surface area (Å²) in [6.45, 7) is 17.8. The normalized spacial score (nSPS) is 14.8. The number of hydrogen-bond acceptors (Lipinski definition) is 3. The van der Waals surface area contributed by atoms with Crippen molar-refractivity contribution in [2.45, 2.75) is 120 Å². The van der Waals surface area contributed by atoms with Crippen LogP contribution in [-0.4, -0.2) is 36.9 Å². The van der Waals surface area contributed by atoms with Crippen LogP contribution in [0.2, 0.25) is 0 Å². The molecule has 0 aliphatic heterocycles. The molecule has 3 nitrogen and oxygen atoms in total. The first-order chi connectivity index (χ1) is 18.2. The van der Waals surface area contributed by atoms with Crippen LogP contribution in [0, 0.1) is 5.92 Å². The van der Waals surface area contributed by atoms with Gasteiger partial charge in [0.15, 0.2) is 0 Å². The Hall–Kier alpha value is -1.89. The fraction of sp³-hybridized carbons (Fsp3) is 0.645. The van der Waals surface area contributed by atoms with Crippen molar-refractivity contribution in [1.29, 1.82) is 0 Å². The number of esters is 1. The van der Waals surface area contributed by atoms with E-state index in [9.17, 15) is 22.8 Å². The summed E-state index contributed by atoms with van der Waals surface area (Å²) in [4.78, 5) is 21.6. The molecule has 0 aromatic carbocycles. The van der Waals surface area contributed by atoms with Crippen LogP contribution in [-0.2, 0) is 14.3 Å². The van der Waals surface area contributed by atoms with Gasteiger partial charge < -0.3 is 4.74 Å². The van der Waals surface area contributed by atoms with Crippen LogP contribution >= 0.6 is 11.6 Å². The predicted molar refractivity (Wildman–Crippen MR) is 161 cm³/mol. The first kappa shape index (κ1) is 39.3. The molecule has 1 aliphatic carbocycles. The first-order valence-electron chi connectivity index (χ1n) is 14.0. The number of Topliss-reactive ketones (excluding diaryl/α,β-unsaturated/α-hetero) is 1. The Kier molecular flexibility index (Phi) is 22.0. The van der Waals surface area contributed by atoms with Gasteiger partial charge in [-0.3, -0.25) is 4.79 Å². The van der Waals surface area contributed by atoms with Gasteiger partial charge in [0.05, 0.1) is 6.61 Å². The van der Waals surface area contributed by atoms with E-state index in [-0.39, 0.29) is 27.7 Å². The zero-order valence-electron chi connectivity index (χ0n) is 25.5. The van der Waals surface area contributed by atoms with Gasteiger partial charge in [0.25, 0.3) is 0 Å². The molecule has 1 rings (SSSR count). The molecule has 0 radical (unpaired) electrons. The molecule has 0 bridgehead atoms. The topological polar surface area (TPSA) is 43.4 Å². The molecular formula is C31H49BClF3O3. The minimum absolute atomic E-state index is 0.0364. The Morgan fingerprint density at radius 3 is 1.95 bits per heavy atom. The van der Waals surface area contributed by atoms with E-state index in [1.54, 1.807) is 13.0 Å². The molecule has 0 unspecified atom stereocenters. The summed E-state index contributed by atoms with van der Waals surface area (Å²) < 4.78 is 45.1. The molecule has 0 spiro atoms. The second-order valence-electron chi connectivity index (χ2n) is 9.77. The number of hydrogen-bond donors (Lipinski definition) is 0. The fourth-order valence-corrected chi connectivity index (χ4v) is 4.17. The van der Waals surface area contributed by atoms with Gasteiger partial charge in [0.2, 0.25) is 0 Å². The van der Waals surface area contributed by atoms with Crippen molar-refractivity contribution in [1.82, 2.24) is 0 Å². The van der Waals surface area contributed by atoms with Crippen molar-refractivity contribution in [3.05, 3.63) is 45.5 Å². The second-order valence-corrected chi connectivity index (χ2v) is 10.3. The summed E-state index contributed by atoms with van der Waals surface area (Å²) in [5, 5.41) is 0.174. The van der Waals surface area contributed by atoms with E-state index < -0.39 is 11.7 Å². The molecule has 0 aromatic heterocycles. The van der Waals surface area contributed by atoms with Gasteiger partial charge in [-0.05, 0) is 12.3 Å². The Balaban J connectivity index is 0. The number of carbonyl (C=O) groups excluding carboxylic acids is 2. The van der Waals surface area contributed by atoms with Crippen LogP contribution < -0.4 is 0 Å². The van der Waals surface area contributed by atoms with Crippen LogP contribution in [0.4, 0.5) is 13.2 Å². The number of halogens is 4. The molecule has 1 aliphatic rings. The van der Waals surface area contributed by atoms with Gasteiger partial charge in [-0.2, -0.15) is 0 Å². The van der Waals surface area contributed by atoms with Crippen molar-refractivity contribution < 1.29 is 27.5 Å². The molecule has 0 saturated carbocycles. The third-order valence-corrected chi connectivity index (χ3v) is 6.14. The Labute approximate surface area is 240 Å². The van der Waals surface area contributed by atoms with Crippen LogP contribution in [0.25, 0.3) is 0 Å². The molecule has 0 saturated heterocycles. The van der Waals surface area contributed by atoms with E-state index in [4.69, 9.17) is 11.6 Å². The summed E-state index contributed by atoms with van der Waals surface area (Å²) in [5.74, 6) is 0.403. The van der Waals surface area contributed by atoms with E-state index in [1.165, 1.54) is 60.3 Å². The van der Waals surface area contributed by atoms with E-state index in [0.29, 0.717) is 12.2 Å². The van der Waals surface area contributed by atoms with Gasteiger partial charge in [-0.25, -0.2) is 0 Å². The molecular weight excluding hydrogens is 524 g/mol. The predicted octanol–water partition coefficient (Wildman–Crippen LogP) is 9.67. The third kappa shape index (κ3) is 18.9. The maximum absolute atomic E-state index is 13.5. The zero-order valence-corrected chi connectivity index (χ0v) is 26.2. The number of allylic oxidation sites excluding steroid dienone is 8. The summed E-state index contributed by atoms with van der Waals surface area (Å²) in [7, 11) is 0. The third-order valence-electron chi connectivity index (χ3n) is 5.94. The van der Waals surface area contributed by atoms with E-state index in [1.807, 2.05) is 13.0 Å². The molecule has 0 atom stereocenters. The van der Waals surface area contributed by atoms with Gasteiger partial charge >= 0.3 is 152 Å². The number of carbonyl (C=O) groups is 2. The van der Waals surface area contributed by atoms with Gasteiger partial charge in [0, 0.05) is 6.92 Å². The number of alkyl halides is 3. The fourth-order valence-electron chi connectivity index (χ4n) is 3.98. The summed E-state index contributed by atoms with van der Waals surface area (Å²) in [6, 6.07) is 0. The van der Waals surface area contributed by atoms with Gasteiger partial charge in [0.1, 0.15) is 0 Å². The standard InChI is InChI=1S/C18H21BClF3O.C8H18.C5H10O2/c1-5-14(15-8-6-7-9-15)10-16(18(21,22)23)11(2)19-17(12(3)20)13(4)24;1-4-6-8(3)7-5-2;1-3-4-7-5(2)6/h5,8,10H,6-7,9H2,1-4H3;8H,4-7H2,1-3H3;3-4H2,1-2H3/b14-5+,16-10+,17-12+;;. The molecule has 222 valence electrons. The monoisotopic (exact) mass is 572 g/mol. The summed E-state index contributed by atoms with van der Waals surface area (Å²) in [5.41, 5.74) is 0.795. The number of ether oxygens (including phenoxy) is 1. The Morgan fingerprint density at radius 1 is 1.08 bits per heavy atom. The van der Waals surface area contributed by atoms with Crippen LogP contribution in [0.5, 0.6) is 0 Å². The molecule has 39 heavy (non-hydrogen) atoms. The quantitative estimate of drug-likeness (QED) is 0.107. The van der Waals surface area contributed by atoms with E-state index in [0.717, 1.165) is 43.3 Å². The number of rotatable bonds is 11. The minimum atomic E-state index is -4.52. The molecule has 0 aromatic rings. The van der Waals surface area contributed by atoms with E-state index in [2.05, 4.69) is 25.5 Å². The summed E-state index contributed by atoms with van der Waals surface area (Å²) >= 11 is 5.83. The zero-order chi connectivity index (χ0) is 30.6. The first-order valence-corrected chi connectivity index (χ1v) is 14.4. The molecule has 8 heteroatoms. The number of ketones is 1. The molecule has 0 amide bonds. The van der Waals surface area contributed by atoms with Crippen molar-refractivity contribution >= 4 is 35.7 Å². The Morgan fingerprint density at radius 2 is 1.64 bits per heavy atom. The van der Waals surface area contributed by atoms with Crippen LogP contribution in [0.1, 0.15) is 114 Å². The van der Waals surface area contributed by atoms with E-state index >= 15 is 0 Å². The average Bonchev–Trinajstić information content (AvgIpc) is 3.36. The molecule has 0 N–H and O–H groups in total. The van der Waals surface area contributed by atoms with Gasteiger partial charge in [-0.15, -0.1) is 0 Å². The second kappa shape index (κ2) is 21.9. The summed E-state index contributed by atoms with van der Waals surface area (Å²) in [6.07, 6.45) is 9.35. The van der Waals surface area contributed by atoms with Crippen molar-refractivity contribution in [2.24, 2.45) is 5.92 Å². The molecule has 0 heterocycles. The van der Waals surface area contributed by atoms with Crippen molar-refractivity contribution in [2.75, 3.05) is 6.61 Å². The van der Waals surface area contributed by atoms with Crippen LogP contribution in [0.15, 0.2) is 45.5 Å². The van der Waals surface area contributed by atoms with Crippen molar-refractivity contribution in [3.63, 3.8) is 0 Å². The SMILES string of the molecule is CCCC(C)CCC.CCCOC(C)=O.C\C=C(/C=C(\C(C)=B/C(C(C)=O)=C(\C)Cl)C(F)(F)F)C1=CCCC1. The maximum atomic E-state index is 13.5. The average molecular weight is 573 g/mol. The van der Waals surface area contributed by atoms with Crippen LogP contribution in [0.3, 0.4) is 0 Å². The molecule has 0 fully saturated rings. The van der Waals surface area contributed by atoms with Gasteiger partial charge in [-0.1, -0.05) is 53.4 Å². The van der Waals surface area contributed by atoms with Crippen molar-refractivity contribution in [3.8, 4) is 0 Å².